The largest absolute Gasteiger partial charge is 0.497 e. The number of rotatable bonds is 11. The molecule has 236 valence electrons. The molecule has 0 spiro atoms. The lowest BCUT2D eigenvalue weighted by molar-refractivity contribution is -0.116. The molecule has 0 heterocycles. The molecule has 5 rings (SSSR count). The first-order chi connectivity index (χ1) is 22.8. The maximum Gasteiger partial charge on any atom is 0.272 e. The van der Waals surface area contributed by atoms with Gasteiger partial charge in [-0.1, -0.05) is 78.3 Å². The zero-order chi connectivity index (χ0) is 33.2. The molecule has 0 aliphatic heterocycles. The number of halogens is 1. The number of carbonyl (C=O) groups excluding carboxylic acids is 3. The fraction of sp³-hybridized carbons (Fsp3) is 0.0789. The standard InChI is InChI=1S/C38H32ClN3O4S/c1-25-13-16-29(39)24-33(25)41-38(45)35(27-9-5-3-6-10-27)47-32-21-17-30(18-22-32)40-37(44)34(23-26-14-19-31(46-2)20-15-26)42-36(43)28-11-7-4-8-12-28/h3-24,35H,1-2H3,(H,40,44)(H,41,45)(H,42,43)/b34-23-. The van der Waals surface area contributed by atoms with Crippen LogP contribution in [0.15, 0.2) is 138 Å². The van der Waals surface area contributed by atoms with E-state index in [0.717, 1.165) is 16.0 Å². The van der Waals surface area contributed by atoms with Gasteiger partial charge in [-0.25, -0.2) is 0 Å². The Hall–Kier alpha value is -5.31. The highest BCUT2D eigenvalue weighted by Gasteiger charge is 2.23. The van der Waals surface area contributed by atoms with E-state index >= 15 is 0 Å². The number of benzene rings is 5. The number of amides is 3. The third kappa shape index (κ3) is 9.13. The molecule has 7 nitrogen and oxygen atoms in total. The van der Waals surface area contributed by atoms with Gasteiger partial charge >= 0.3 is 0 Å². The van der Waals surface area contributed by atoms with Crippen LogP contribution in [-0.2, 0) is 9.59 Å². The summed E-state index contributed by atoms with van der Waals surface area (Å²) in [4.78, 5) is 40.8. The van der Waals surface area contributed by atoms with E-state index in [4.69, 9.17) is 16.3 Å². The number of carbonyl (C=O) groups is 3. The van der Waals surface area contributed by atoms with Crippen LogP contribution in [0.25, 0.3) is 6.08 Å². The molecule has 0 bridgehead atoms. The minimum atomic E-state index is -0.553. The summed E-state index contributed by atoms with van der Waals surface area (Å²) in [6.07, 6.45) is 1.60. The van der Waals surface area contributed by atoms with E-state index in [2.05, 4.69) is 16.0 Å². The van der Waals surface area contributed by atoms with Crippen molar-refractivity contribution in [2.45, 2.75) is 17.1 Å². The summed E-state index contributed by atoms with van der Waals surface area (Å²) in [6.45, 7) is 1.91. The Morgan fingerprint density at radius 1 is 0.787 bits per heavy atom. The Kier molecular flexibility index (Phi) is 11.1. The predicted octanol–water partition coefficient (Wildman–Crippen LogP) is 8.54. The molecule has 0 saturated carbocycles. The topological polar surface area (TPSA) is 96.5 Å². The van der Waals surface area contributed by atoms with E-state index in [-0.39, 0.29) is 11.6 Å². The Morgan fingerprint density at radius 3 is 2.11 bits per heavy atom. The van der Waals surface area contributed by atoms with E-state index in [1.165, 1.54) is 11.8 Å². The molecule has 3 amide bonds. The molecular weight excluding hydrogens is 630 g/mol. The lowest BCUT2D eigenvalue weighted by Crippen LogP contribution is -2.30. The fourth-order valence-electron chi connectivity index (χ4n) is 4.59. The average molecular weight is 662 g/mol. The highest BCUT2D eigenvalue weighted by Crippen LogP contribution is 2.37. The second kappa shape index (κ2) is 15.8. The van der Waals surface area contributed by atoms with Crippen molar-refractivity contribution in [1.29, 1.82) is 0 Å². The molecule has 0 radical (unpaired) electrons. The monoisotopic (exact) mass is 661 g/mol. The van der Waals surface area contributed by atoms with Gasteiger partial charge < -0.3 is 20.7 Å². The molecule has 0 aliphatic carbocycles. The zero-order valence-electron chi connectivity index (χ0n) is 25.7. The Bertz CT molecular complexity index is 1880. The van der Waals surface area contributed by atoms with Crippen molar-refractivity contribution in [2.24, 2.45) is 0 Å². The number of anilines is 2. The second-order valence-electron chi connectivity index (χ2n) is 10.5. The van der Waals surface area contributed by atoms with Crippen molar-refractivity contribution >= 4 is 58.5 Å². The van der Waals surface area contributed by atoms with Crippen LogP contribution in [0.1, 0.15) is 32.3 Å². The molecule has 47 heavy (non-hydrogen) atoms. The molecule has 0 aliphatic rings. The number of hydrogen-bond acceptors (Lipinski definition) is 5. The van der Waals surface area contributed by atoms with Gasteiger partial charge in [0.2, 0.25) is 5.91 Å². The van der Waals surface area contributed by atoms with Crippen LogP contribution < -0.4 is 20.7 Å². The highest BCUT2D eigenvalue weighted by atomic mass is 35.5. The molecule has 5 aromatic carbocycles. The summed E-state index contributed by atoms with van der Waals surface area (Å²) in [5.41, 5.74) is 4.11. The summed E-state index contributed by atoms with van der Waals surface area (Å²) in [5, 5.41) is 8.63. The van der Waals surface area contributed by atoms with Crippen LogP contribution in [0.4, 0.5) is 11.4 Å². The molecule has 0 aromatic heterocycles. The SMILES string of the molecule is COc1ccc(/C=C(\NC(=O)c2ccccc2)C(=O)Nc2ccc(SC(C(=O)Nc3cc(Cl)ccc3C)c3ccccc3)cc2)cc1. The first-order valence-electron chi connectivity index (χ1n) is 14.7. The third-order valence-corrected chi connectivity index (χ3v) is 8.62. The predicted molar refractivity (Wildman–Crippen MR) is 190 cm³/mol. The Labute approximate surface area is 283 Å². The van der Waals surface area contributed by atoms with Gasteiger partial charge in [-0.15, -0.1) is 11.8 Å². The van der Waals surface area contributed by atoms with Gasteiger partial charge in [0.05, 0.1) is 7.11 Å². The number of hydrogen-bond donors (Lipinski definition) is 3. The van der Waals surface area contributed by atoms with Crippen molar-refractivity contribution in [2.75, 3.05) is 17.7 Å². The maximum atomic E-state index is 13.6. The van der Waals surface area contributed by atoms with Crippen LogP contribution in [0, 0.1) is 6.92 Å². The lowest BCUT2D eigenvalue weighted by atomic mass is 10.1. The van der Waals surface area contributed by atoms with Crippen molar-refractivity contribution in [1.82, 2.24) is 5.32 Å². The summed E-state index contributed by atoms with van der Waals surface area (Å²) in [7, 11) is 1.58. The van der Waals surface area contributed by atoms with Crippen LogP contribution >= 0.6 is 23.4 Å². The first-order valence-corrected chi connectivity index (χ1v) is 16.0. The number of ether oxygens (including phenoxy) is 1. The number of aryl methyl sites for hydroxylation is 1. The minimum absolute atomic E-state index is 0.0691. The molecule has 0 fully saturated rings. The molecule has 1 atom stereocenters. The summed E-state index contributed by atoms with van der Waals surface area (Å²) in [6, 6.07) is 37.9. The van der Waals surface area contributed by atoms with Crippen LogP contribution in [0.5, 0.6) is 5.75 Å². The smallest absolute Gasteiger partial charge is 0.272 e. The second-order valence-corrected chi connectivity index (χ2v) is 12.1. The Balaban J connectivity index is 1.33. The van der Waals surface area contributed by atoms with Crippen LogP contribution in [0.3, 0.4) is 0 Å². The third-order valence-electron chi connectivity index (χ3n) is 7.12. The van der Waals surface area contributed by atoms with E-state index in [0.29, 0.717) is 33.3 Å². The van der Waals surface area contributed by atoms with Crippen molar-refractivity contribution in [3.8, 4) is 5.75 Å². The van der Waals surface area contributed by atoms with Gasteiger partial charge in [-0.3, -0.25) is 14.4 Å². The molecule has 0 saturated heterocycles. The average Bonchev–Trinajstić information content (AvgIpc) is 3.10. The summed E-state index contributed by atoms with van der Waals surface area (Å²) < 4.78 is 5.23. The quantitative estimate of drug-likeness (QED) is 0.0974. The van der Waals surface area contributed by atoms with Gasteiger partial charge in [0, 0.05) is 26.9 Å². The molecular formula is C38H32ClN3O4S. The fourth-order valence-corrected chi connectivity index (χ4v) is 5.79. The van der Waals surface area contributed by atoms with Gasteiger partial charge in [0.15, 0.2) is 0 Å². The van der Waals surface area contributed by atoms with E-state index in [1.807, 2.05) is 61.5 Å². The van der Waals surface area contributed by atoms with E-state index in [9.17, 15) is 14.4 Å². The maximum absolute atomic E-state index is 13.6. The van der Waals surface area contributed by atoms with Crippen LogP contribution in [-0.4, -0.2) is 24.8 Å². The van der Waals surface area contributed by atoms with E-state index in [1.54, 1.807) is 86.0 Å². The normalized spacial score (nSPS) is 11.7. The molecule has 9 heteroatoms. The zero-order valence-corrected chi connectivity index (χ0v) is 27.3. The molecule has 3 N–H and O–H groups in total. The number of nitrogens with one attached hydrogen (secondary N) is 3. The minimum Gasteiger partial charge on any atom is -0.497 e. The summed E-state index contributed by atoms with van der Waals surface area (Å²) >= 11 is 7.57. The first kappa shape index (κ1) is 33.1. The van der Waals surface area contributed by atoms with Crippen molar-refractivity contribution < 1.29 is 19.1 Å². The van der Waals surface area contributed by atoms with Gasteiger partial charge in [0.25, 0.3) is 11.8 Å². The highest BCUT2D eigenvalue weighted by molar-refractivity contribution is 8.00. The number of thioether (sulfide) groups is 1. The number of methoxy groups -OCH3 is 1. The lowest BCUT2D eigenvalue weighted by Gasteiger charge is -2.18. The van der Waals surface area contributed by atoms with Gasteiger partial charge in [0.1, 0.15) is 16.7 Å². The molecule has 1 unspecified atom stereocenters. The van der Waals surface area contributed by atoms with Gasteiger partial charge in [-0.2, -0.15) is 0 Å². The van der Waals surface area contributed by atoms with Gasteiger partial charge in [-0.05, 0) is 90.4 Å². The van der Waals surface area contributed by atoms with Crippen molar-refractivity contribution in [3.63, 3.8) is 0 Å². The van der Waals surface area contributed by atoms with E-state index < -0.39 is 17.1 Å². The summed E-state index contributed by atoms with van der Waals surface area (Å²) in [5.74, 6) is -0.424. The van der Waals surface area contributed by atoms with Crippen LogP contribution in [0.2, 0.25) is 5.02 Å². The Morgan fingerprint density at radius 2 is 1.45 bits per heavy atom. The molecule has 5 aromatic rings. The van der Waals surface area contributed by atoms with Crippen molar-refractivity contribution in [3.05, 3.63) is 160 Å².